The number of nitrogens with one attached hydrogen (secondary N) is 1. The van der Waals surface area contributed by atoms with Crippen LogP contribution in [0.4, 0.5) is 0 Å². The van der Waals surface area contributed by atoms with Crippen LogP contribution in [0, 0.1) is 0 Å². The lowest BCUT2D eigenvalue weighted by Crippen LogP contribution is -2.45. The lowest BCUT2D eigenvalue weighted by molar-refractivity contribution is -0.122. The number of ether oxygens (including phenoxy) is 1. The van der Waals surface area contributed by atoms with E-state index in [9.17, 15) is 14.4 Å². The topological polar surface area (TPSA) is 103 Å². The van der Waals surface area contributed by atoms with Gasteiger partial charge in [-0.1, -0.05) is 12.1 Å². The van der Waals surface area contributed by atoms with Crippen LogP contribution in [-0.2, 0) is 25.4 Å². The van der Waals surface area contributed by atoms with Crippen LogP contribution in [0.2, 0.25) is 0 Å². The summed E-state index contributed by atoms with van der Waals surface area (Å²) >= 11 is 0. The molecule has 4 rings (SSSR count). The third kappa shape index (κ3) is 4.05. The van der Waals surface area contributed by atoms with Gasteiger partial charge >= 0.3 is 5.69 Å². The van der Waals surface area contributed by atoms with Crippen molar-refractivity contribution >= 4 is 17.1 Å². The Morgan fingerprint density at radius 1 is 1.16 bits per heavy atom. The Hall–Kier alpha value is -3.40. The van der Waals surface area contributed by atoms with E-state index in [0.29, 0.717) is 12.2 Å². The van der Waals surface area contributed by atoms with Gasteiger partial charge in [0.1, 0.15) is 12.3 Å². The molecule has 3 aromatic rings. The monoisotopic (exact) mass is 440 g/mol. The van der Waals surface area contributed by atoms with E-state index in [1.807, 2.05) is 24.3 Å². The fourth-order valence-electron chi connectivity index (χ4n) is 4.28. The summed E-state index contributed by atoms with van der Waals surface area (Å²) in [5, 5.41) is 2.92. The summed E-state index contributed by atoms with van der Waals surface area (Å²) in [6, 6.07) is 7.83. The Labute approximate surface area is 185 Å². The minimum absolute atomic E-state index is 0.00599. The van der Waals surface area contributed by atoms with Crippen LogP contribution >= 0.6 is 0 Å². The lowest BCUT2D eigenvalue weighted by atomic mass is 10.1. The van der Waals surface area contributed by atoms with Gasteiger partial charge in [-0.05, 0) is 43.6 Å². The number of benzene rings is 1. The molecule has 1 fully saturated rings. The fraction of sp³-hybridized carbons (Fsp3) is 0.455. The molecule has 1 aliphatic rings. The van der Waals surface area contributed by atoms with E-state index in [1.165, 1.54) is 10.9 Å². The van der Waals surface area contributed by atoms with Crippen LogP contribution in [0.1, 0.15) is 24.4 Å². The highest BCUT2D eigenvalue weighted by molar-refractivity contribution is 5.76. The molecule has 1 N–H and O–H groups in total. The summed E-state index contributed by atoms with van der Waals surface area (Å²) in [7, 11) is 4.85. The first-order chi connectivity index (χ1) is 15.4. The largest absolute Gasteiger partial charge is 0.497 e. The number of amides is 1. The zero-order valence-corrected chi connectivity index (χ0v) is 18.6. The molecule has 0 spiro atoms. The average molecular weight is 441 g/mol. The van der Waals surface area contributed by atoms with Gasteiger partial charge in [0.25, 0.3) is 5.56 Å². The van der Waals surface area contributed by atoms with Gasteiger partial charge in [-0.3, -0.25) is 19.1 Å². The van der Waals surface area contributed by atoms with Gasteiger partial charge in [-0.25, -0.2) is 14.3 Å². The molecule has 0 bridgehead atoms. The van der Waals surface area contributed by atoms with Gasteiger partial charge in [-0.2, -0.15) is 0 Å². The minimum Gasteiger partial charge on any atom is -0.497 e. The predicted octanol–water partition coefficient (Wildman–Crippen LogP) is 0.396. The molecule has 10 heteroatoms. The molecule has 1 aromatic carbocycles. The zero-order valence-electron chi connectivity index (χ0n) is 18.6. The Kier molecular flexibility index (Phi) is 6.13. The zero-order chi connectivity index (χ0) is 22.8. The molecular weight excluding hydrogens is 412 g/mol. The first-order valence-corrected chi connectivity index (χ1v) is 10.7. The number of methoxy groups -OCH3 is 1. The van der Waals surface area contributed by atoms with Crippen LogP contribution in [0.3, 0.4) is 0 Å². The van der Waals surface area contributed by atoms with E-state index in [1.54, 1.807) is 25.8 Å². The number of nitrogens with zero attached hydrogens (tertiary/aromatic N) is 5. The summed E-state index contributed by atoms with van der Waals surface area (Å²) in [5.74, 6) is 0.391. The van der Waals surface area contributed by atoms with Gasteiger partial charge in [-0.15, -0.1) is 0 Å². The molecule has 0 radical (unpaired) electrons. The highest BCUT2D eigenvalue weighted by atomic mass is 16.5. The van der Waals surface area contributed by atoms with Crippen LogP contribution in [0.25, 0.3) is 11.2 Å². The Morgan fingerprint density at radius 3 is 2.50 bits per heavy atom. The molecule has 2 aromatic heterocycles. The van der Waals surface area contributed by atoms with Crippen LogP contribution in [-0.4, -0.2) is 56.2 Å². The number of carbonyl (C=O) groups excluding carboxylic acids is 1. The molecule has 1 atom stereocenters. The maximum absolute atomic E-state index is 12.8. The van der Waals surface area contributed by atoms with Crippen molar-refractivity contribution in [1.29, 1.82) is 0 Å². The summed E-state index contributed by atoms with van der Waals surface area (Å²) in [6.07, 6.45) is 3.72. The van der Waals surface area contributed by atoms with Crippen molar-refractivity contribution in [2.75, 3.05) is 26.7 Å². The Bertz CT molecular complexity index is 1230. The number of imidazole rings is 1. The molecule has 170 valence electrons. The summed E-state index contributed by atoms with van der Waals surface area (Å²) < 4.78 is 9.05. The molecule has 1 aliphatic heterocycles. The second kappa shape index (κ2) is 8.99. The smallest absolute Gasteiger partial charge is 0.332 e. The number of hydrogen-bond acceptors (Lipinski definition) is 6. The predicted molar refractivity (Wildman–Crippen MR) is 120 cm³/mol. The first kappa shape index (κ1) is 21.8. The van der Waals surface area contributed by atoms with Gasteiger partial charge in [0.2, 0.25) is 5.91 Å². The molecule has 10 nitrogen and oxygen atoms in total. The van der Waals surface area contributed by atoms with Crippen molar-refractivity contribution in [3.8, 4) is 5.75 Å². The van der Waals surface area contributed by atoms with E-state index in [2.05, 4.69) is 15.2 Å². The lowest BCUT2D eigenvalue weighted by Gasteiger charge is -2.28. The maximum Gasteiger partial charge on any atom is 0.332 e. The van der Waals surface area contributed by atoms with E-state index >= 15 is 0 Å². The van der Waals surface area contributed by atoms with Gasteiger partial charge in [0, 0.05) is 20.6 Å². The van der Waals surface area contributed by atoms with E-state index in [0.717, 1.165) is 41.8 Å². The number of likely N-dealkylation sites (tertiary alicyclic amines) is 1. The molecule has 3 heterocycles. The quantitative estimate of drug-likeness (QED) is 0.570. The summed E-state index contributed by atoms with van der Waals surface area (Å²) in [6.45, 7) is 1.96. The number of aryl methyl sites for hydroxylation is 2. The highest BCUT2D eigenvalue weighted by Crippen LogP contribution is 2.26. The van der Waals surface area contributed by atoms with Crippen molar-refractivity contribution in [2.45, 2.75) is 25.4 Å². The summed E-state index contributed by atoms with van der Waals surface area (Å²) in [4.78, 5) is 44.7. The highest BCUT2D eigenvalue weighted by Gasteiger charge is 2.24. The van der Waals surface area contributed by atoms with Crippen molar-refractivity contribution in [1.82, 2.24) is 28.9 Å². The molecular formula is C22H28N6O4. The molecule has 32 heavy (non-hydrogen) atoms. The number of rotatable bonds is 7. The minimum atomic E-state index is -0.567. The molecule has 1 saturated heterocycles. The van der Waals surface area contributed by atoms with Gasteiger partial charge in [0.15, 0.2) is 11.2 Å². The van der Waals surface area contributed by atoms with E-state index in [4.69, 9.17) is 4.74 Å². The second-order valence-electron chi connectivity index (χ2n) is 8.10. The van der Waals surface area contributed by atoms with Crippen molar-refractivity contribution < 1.29 is 9.53 Å². The second-order valence-corrected chi connectivity index (χ2v) is 8.10. The fourth-order valence-corrected chi connectivity index (χ4v) is 4.28. The van der Waals surface area contributed by atoms with Crippen LogP contribution in [0.15, 0.2) is 40.2 Å². The third-order valence-electron chi connectivity index (χ3n) is 6.08. The molecule has 0 saturated carbocycles. The maximum atomic E-state index is 12.8. The van der Waals surface area contributed by atoms with Crippen LogP contribution in [0.5, 0.6) is 5.75 Å². The van der Waals surface area contributed by atoms with Crippen LogP contribution < -0.4 is 21.3 Å². The van der Waals surface area contributed by atoms with Crippen molar-refractivity contribution in [3.05, 3.63) is 57.0 Å². The van der Waals surface area contributed by atoms with E-state index < -0.39 is 11.2 Å². The Morgan fingerprint density at radius 2 is 1.84 bits per heavy atom. The standard InChI is InChI=1S/C22H28N6O4/c1-25-14-24-20-19(25)21(30)28(22(31)26(20)2)13-18(29)23-12-17(27-10-4-5-11-27)15-6-8-16(32-3)9-7-15/h6-9,14,17H,4-5,10-13H2,1-3H3,(H,23,29). The summed E-state index contributed by atoms with van der Waals surface area (Å²) in [5.41, 5.74) is 0.574. The Balaban J connectivity index is 1.53. The van der Waals surface area contributed by atoms with Gasteiger partial charge in [0.05, 0.1) is 19.5 Å². The van der Waals surface area contributed by atoms with Crippen molar-refractivity contribution in [2.24, 2.45) is 14.1 Å². The molecule has 1 amide bonds. The molecule has 1 unspecified atom stereocenters. The van der Waals surface area contributed by atoms with E-state index in [-0.39, 0.29) is 24.0 Å². The number of hydrogen-bond donors (Lipinski definition) is 1. The third-order valence-corrected chi connectivity index (χ3v) is 6.08. The SMILES string of the molecule is COc1ccc(C(CNC(=O)Cn2c(=O)c3c(ncn3C)n(C)c2=O)N2CCCC2)cc1. The first-order valence-electron chi connectivity index (χ1n) is 10.7. The van der Waals surface area contributed by atoms with Gasteiger partial charge < -0.3 is 14.6 Å². The normalized spacial score (nSPS) is 15.2. The number of fused-ring (bicyclic) bond motifs is 1. The molecule has 0 aliphatic carbocycles. The number of carbonyl (C=O) groups is 1. The van der Waals surface area contributed by atoms with Crippen molar-refractivity contribution in [3.63, 3.8) is 0 Å². The average Bonchev–Trinajstić information content (AvgIpc) is 3.46. The number of aromatic nitrogens is 4.